The minimum Gasteiger partial charge on any atom is -0.393 e. The number of aromatic amines is 1. The standard InChI is InChI=1S/C20H27N3O4/c1-13-3-4-15-16(9-13)22-18(21-15)11-27-12-19(25)23-8-7-20(26-2)6-5-14(24)10-17(20)23/h3-4,9,14,17,24H,5-8,10-12H2,1-2H3,(H,21,22)/t14-,17-,20+/m0/s1. The molecule has 1 amide bonds. The molecule has 1 saturated heterocycles. The van der Waals surface area contributed by atoms with Crippen LogP contribution in [0.2, 0.25) is 0 Å². The van der Waals surface area contributed by atoms with Gasteiger partial charge in [0.05, 0.1) is 28.8 Å². The molecule has 3 atom stereocenters. The van der Waals surface area contributed by atoms with Crippen molar-refractivity contribution in [3.63, 3.8) is 0 Å². The number of fused-ring (bicyclic) bond motifs is 2. The second-order valence-electron chi connectivity index (χ2n) is 7.75. The maximum absolute atomic E-state index is 12.7. The first-order chi connectivity index (χ1) is 13.0. The zero-order chi connectivity index (χ0) is 19.0. The van der Waals surface area contributed by atoms with E-state index in [0.717, 1.165) is 30.3 Å². The lowest BCUT2D eigenvalue weighted by atomic mass is 9.79. The number of hydrogen-bond acceptors (Lipinski definition) is 5. The number of benzene rings is 1. The number of H-pyrrole nitrogens is 1. The molecule has 2 aliphatic rings. The molecule has 0 bridgehead atoms. The number of nitrogens with zero attached hydrogens (tertiary/aromatic N) is 2. The molecule has 7 nitrogen and oxygen atoms in total. The monoisotopic (exact) mass is 373 g/mol. The maximum atomic E-state index is 12.7. The van der Waals surface area contributed by atoms with Gasteiger partial charge >= 0.3 is 0 Å². The van der Waals surface area contributed by atoms with E-state index in [2.05, 4.69) is 9.97 Å². The van der Waals surface area contributed by atoms with Crippen LogP contribution in [0.15, 0.2) is 18.2 Å². The van der Waals surface area contributed by atoms with E-state index >= 15 is 0 Å². The van der Waals surface area contributed by atoms with Crippen molar-refractivity contribution in [2.75, 3.05) is 20.3 Å². The van der Waals surface area contributed by atoms with Crippen molar-refractivity contribution in [1.29, 1.82) is 0 Å². The van der Waals surface area contributed by atoms with E-state index in [0.29, 0.717) is 18.8 Å². The van der Waals surface area contributed by atoms with Gasteiger partial charge < -0.3 is 24.5 Å². The molecule has 1 aromatic carbocycles. The highest BCUT2D eigenvalue weighted by molar-refractivity contribution is 5.78. The molecule has 1 aliphatic carbocycles. The first-order valence-corrected chi connectivity index (χ1v) is 9.56. The number of rotatable bonds is 5. The molecule has 2 heterocycles. The van der Waals surface area contributed by atoms with E-state index in [1.165, 1.54) is 5.56 Å². The molecule has 1 aliphatic heterocycles. The van der Waals surface area contributed by atoms with Crippen LogP contribution in [0.5, 0.6) is 0 Å². The van der Waals surface area contributed by atoms with Gasteiger partial charge in [0, 0.05) is 13.7 Å². The Morgan fingerprint density at radius 1 is 1.44 bits per heavy atom. The summed E-state index contributed by atoms with van der Waals surface area (Å²) in [6.45, 7) is 2.95. The van der Waals surface area contributed by atoms with Gasteiger partial charge in [-0.3, -0.25) is 4.79 Å². The molecule has 1 aromatic heterocycles. The first-order valence-electron chi connectivity index (χ1n) is 9.56. The van der Waals surface area contributed by atoms with Gasteiger partial charge in [-0.1, -0.05) is 6.07 Å². The third kappa shape index (κ3) is 3.47. The Kier molecular flexibility index (Phi) is 4.92. The number of nitrogens with one attached hydrogen (secondary N) is 1. The van der Waals surface area contributed by atoms with Gasteiger partial charge in [-0.05, 0) is 50.3 Å². The highest BCUT2D eigenvalue weighted by atomic mass is 16.5. The number of carbonyl (C=O) groups is 1. The van der Waals surface area contributed by atoms with E-state index < -0.39 is 0 Å². The average molecular weight is 373 g/mol. The average Bonchev–Trinajstić information content (AvgIpc) is 3.22. The summed E-state index contributed by atoms with van der Waals surface area (Å²) in [6, 6.07) is 5.96. The van der Waals surface area contributed by atoms with E-state index in [4.69, 9.17) is 9.47 Å². The Balaban J connectivity index is 1.36. The molecule has 4 rings (SSSR count). The number of ether oxygens (including phenoxy) is 2. The molecule has 146 valence electrons. The molecular formula is C20H27N3O4. The Hall–Kier alpha value is -1.96. The van der Waals surface area contributed by atoms with Crippen molar-refractivity contribution in [2.45, 2.75) is 57.0 Å². The normalized spacial score (nSPS) is 27.9. The van der Waals surface area contributed by atoms with Gasteiger partial charge in [0.15, 0.2) is 0 Å². The van der Waals surface area contributed by atoms with Crippen molar-refractivity contribution in [3.8, 4) is 0 Å². The topological polar surface area (TPSA) is 87.7 Å². The predicted molar refractivity (Wildman–Crippen MR) is 100 cm³/mol. The number of methoxy groups -OCH3 is 1. The third-order valence-electron chi connectivity index (χ3n) is 6.03. The number of likely N-dealkylation sites (tertiary alicyclic amines) is 1. The summed E-state index contributed by atoms with van der Waals surface area (Å²) in [5.41, 5.74) is 2.72. The number of imidazole rings is 1. The Morgan fingerprint density at radius 3 is 3.11 bits per heavy atom. The lowest BCUT2D eigenvalue weighted by molar-refractivity contribution is -0.144. The van der Waals surface area contributed by atoms with Crippen molar-refractivity contribution < 1.29 is 19.4 Å². The van der Waals surface area contributed by atoms with Gasteiger partial charge in [-0.25, -0.2) is 4.98 Å². The highest BCUT2D eigenvalue weighted by Gasteiger charge is 2.52. The van der Waals surface area contributed by atoms with Crippen LogP contribution in [0.1, 0.15) is 37.1 Å². The fourth-order valence-electron chi connectivity index (χ4n) is 4.54. The molecule has 7 heteroatoms. The van der Waals surface area contributed by atoms with Crippen LogP contribution in [-0.2, 0) is 20.9 Å². The van der Waals surface area contributed by atoms with Crippen molar-refractivity contribution in [2.24, 2.45) is 0 Å². The fourth-order valence-corrected chi connectivity index (χ4v) is 4.54. The van der Waals surface area contributed by atoms with Crippen molar-refractivity contribution in [1.82, 2.24) is 14.9 Å². The number of aliphatic hydroxyl groups is 1. The fraction of sp³-hybridized carbons (Fsp3) is 0.600. The minimum atomic E-state index is -0.369. The van der Waals surface area contributed by atoms with Crippen LogP contribution in [0.4, 0.5) is 0 Å². The Labute approximate surface area is 158 Å². The molecule has 1 saturated carbocycles. The highest BCUT2D eigenvalue weighted by Crippen LogP contribution is 2.42. The SMILES string of the molecule is CO[C@@]12CC[C@H](O)C[C@@H]1N(C(=O)COCc1nc3ccc(C)cc3[nH]1)CC2. The van der Waals surface area contributed by atoms with Gasteiger partial charge in [-0.15, -0.1) is 0 Å². The summed E-state index contributed by atoms with van der Waals surface area (Å²) in [5.74, 6) is 0.657. The van der Waals surface area contributed by atoms with E-state index in [-0.39, 0.29) is 36.9 Å². The largest absolute Gasteiger partial charge is 0.393 e. The number of aliphatic hydroxyl groups excluding tert-OH is 1. The van der Waals surface area contributed by atoms with Gasteiger partial charge in [0.1, 0.15) is 19.0 Å². The zero-order valence-corrected chi connectivity index (χ0v) is 15.9. The molecule has 27 heavy (non-hydrogen) atoms. The lowest BCUT2D eigenvalue weighted by Gasteiger charge is -2.42. The summed E-state index contributed by atoms with van der Waals surface area (Å²) in [5, 5.41) is 10.0. The molecule has 0 spiro atoms. The van der Waals surface area contributed by atoms with Crippen LogP contribution >= 0.6 is 0 Å². The number of carbonyl (C=O) groups excluding carboxylic acids is 1. The third-order valence-corrected chi connectivity index (χ3v) is 6.03. The number of amides is 1. The Bertz CT molecular complexity index is 836. The number of aromatic nitrogens is 2. The summed E-state index contributed by atoms with van der Waals surface area (Å²) in [7, 11) is 1.71. The van der Waals surface area contributed by atoms with Crippen molar-refractivity contribution in [3.05, 3.63) is 29.6 Å². The molecule has 0 unspecified atom stereocenters. The molecule has 2 fully saturated rings. The Morgan fingerprint density at radius 2 is 2.30 bits per heavy atom. The van der Waals surface area contributed by atoms with E-state index in [1.54, 1.807) is 7.11 Å². The summed E-state index contributed by atoms with van der Waals surface area (Å²) in [6.07, 6.45) is 2.54. The summed E-state index contributed by atoms with van der Waals surface area (Å²) in [4.78, 5) is 22.3. The van der Waals surface area contributed by atoms with Crippen molar-refractivity contribution >= 4 is 16.9 Å². The van der Waals surface area contributed by atoms with E-state index in [1.807, 2.05) is 30.0 Å². The molecular weight excluding hydrogens is 346 g/mol. The smallest absolute Gasteiger partial charge is 0.248 e. The minimum absolute atomic E-state index is 0.00244. The summed E-state index contributed by atoms with van der Waals surface area (Å²) >= 11 is 0. The number of hydrogen-bond donors (Lipinski definition) is 2. The van der Waals surface area contributed by atoms with Crippen LogP contribution < -0.4 is 0 Å². The van der Waals surface area contributed by atoms with Gasteiger partial charge in [-0.2, -0.15) is 0 Å². The molecule has 0 radical (unpaired) electrons. The maximum Gasteiger partial charge on any atom is 0.248 e. The zero-order valence-electron chi connectivity index (χ0n) is 15.9. The van der Waals surface area contributed by atoms with Crippen LogP contribution in [0, 0.1) is 6.92 Å². The van der Waals surface area contributed by atoms with Crippen LogP contribution in [0.25, 0.3) is 11.0 Å². The molecule has 2 aromatic rings. The molecule has 2 N–H and O–H groups in total. The van der Waals surface area contributed by atoms with Gasteiger partial charge in [0.2, 0.25) is 5.91 Å². The van der Waals surface area contributed by atoms with Crippen LogP contribution in [0.3, 0.4) is 0 Å². The summed E-state index contributed by atoms with van der Waals surface area (Å²) < 4.78 is 11.4. The quantitative estimate of drug-likeness (QED) is 0.836. The first kappa shape index (κ1) is 18.4. The lowest BCUT2D eigenvalue weighted by Crippen LogP contribution is -2.53. The second kappa shape index (κ2) is 7.22. The van der Waals surface area contributed by atoms with E-state index in [9.17, 15) is 9.90 Å². The second-order valence-corrected chi connectivity index (χ2v) is 7.75. The number of aryl methyl sites for hydroxylation is 1. The predicted octanol–water partition coefficient (Wildman–Crippen LogP) is 1.92. The van der Waals surface area contributed by atoms with Crippen LogP contribution in [-0.4, -0.2) is 63.9 Å². The van der Waals surface area contributed by atoms with Gasteiger partial charge in [0.25, 0.3) is 0 Å².